The van der Waals surface area contributed by atoms with E-state index in [-0.39, 0.29) is 0 Å². The molecule has 3 heteroatoms. The normalized spacial score (nSPS) is 10.3. The lowest BCUT2D eigenvalue weighted by Crippen LogP contribution is -2.17. The second-order valence-electron chi connectivity index (χ2n) is 4.46. The first-order valence-electron chi connectivity index (χ1n) is 6.98. The molecule has 18 heavy (non-hydrogen) atoms. The number of likely N-dealkylation sites (N-methyl/N-ethyl adjacent to an activating group) is 1. The van der Waals surface area contributed by atoms with Crippen LogP contribution in [-0.2, 0) is 0 Å². The summed E-state index contributed by atoms with van der Waals surface area (Å²) in [7, 11) is 1.96. The van der Waals surface area contributed by atoms with Crippen molar-refractivity contribution in [1.82, 2.24) is 5.32 Å². The van der Waals surface area contributed by atoms with Crippen LogP contribution in [0.2, 0.25) is 0 Å². The standard InChI is InChI=1S/C15H26N2O/c1-3-4-5-6-13-18-15-9-7-14(8-10-15)17-12-11-16-2/h7-10,16-17H,3-6,11-13H2,1-2H3. The molecule has 0 aliphatic carbocycles. The summed E-state index contributed by atoms with van der Waals surface area (Å²) in [6.07, 6.45) is 4.99. The highest BCUT2D eigenvalue weighted by atomic mass is 16.5. The largest absolute Gasteiger partial charge is 0.494 e. The van der Waals surface area contributed by atoms with E-state index in [0.29, 0.717) is 0 Å². The highest BCUT2D eigenvalue weighted by Gasteiger charge is 1.95. The summed E-state index contributed by atoms with van der Waals surface area (Å²) in [5.74, 6) is 0.964. The molecule has 102 valence electrons. The minimum atomic E-state index is 0.826. The molecule has 1 aromatic rings. The van der Waals surface area contributed by atoms with E-state index in [1.807, 2.05) is 19.2 Å². The van der Waals surface area contributed by atoms with Crippen LogP contribution in [-0.4, -0.2) is 26.7 Å². The van der Waals surface area contributed by atoms with Gasteiger partial charge < -0.3 is 15.4 Å². The quantitative estimate of drug-likeness (QED) is 0.625. The molecule has 1 rings (SSSR count). The Morgan fingerprint density at radius 2 is 1.78 bits per heavy atom. The summed E-state index contributed by atoms with van der Waals surface area (Å²) in [6.45, 7) is 4.95. The van der Waals surface area contributed by atoms with E-state index in [2.05, 4.69) is 29.7 Å². The second kappa shape index (κ2) is 9.77. The van der Waals surface area contributed by atoms with Crippen LogP contribution in [0.3, 0.4) is 0 Å². The van der Waals surface area contributed by atoms with Crippen molar-refractivity contribution in [3.63, 3.8) is 0 Å². The number of unbranched alkanes of at least 4 members (excludes halogenated alkanes) is 3. The Kier molecular flexibility index (Phi) is 8.06. The smallest absolute Gasteiger partial charge is 0.119 e. The summed E-state index contributed by atoms with van der Waals surface area (Å²) < 4.78 is 5.69. The van der Waals surface area contributed by atoms with Crippen molar-refractivity contribution in [3.8, 4) is 5.75 Å². The van der Waals surface area contributed by atoms with Gasteiger partial charge in [-0.3, -0.25) is 0 Å². The van der Waals surface area contributed by atoms with Crippen LogP contribution in [0.4, 0.5) is 5.69 Å². The van der Waals surface area contributed by atoms with Gasteiger partial charge >= 0.3 is 0 Å². The van der Waals surface area contributed by atoms with Crippen molar-refractivity contribution >= 4 is 5.69 Å². The fourth-order valence-electron chi connectivity index (χ4n) is 1.72. The Labute approximate surface area is 111 Å². The molecule has 0 amide bonds. The molecule has 0 saturated heterocycles. The maximum absolute atomic E-state index is 5.69. The first-order chi connectivity index (χ1) is 8.86. The van der Waals surface area contributed by atoms with Crippen molar-refractivity contribution < 1.29 is 4.74 Å². The van der Waals surface area contributed by atoms with E-state index in [9.17, 15) is 0 Å². The van der Waals surface area contributed by atoms with Crippen molar-refractivity contribution in [2.45, 2.75) is 32.6 Å². The van der Waals surface area contributed by atoms with E-state index in [1.54, 1.807) is 0 Å². The molecule has 0 bridgehead atoms. The number of anilines is 1. The van der Waals surface area contributed by atoms with Crippen LogP contribution in [0.5, 0.6) is 5.75 Å². The average molecular weight is 250 g/mol. The summed E-state index contributed by atoms with van der Waals surface area (Å²) in [4.78, 5) is 0. The number of rotatable bonds is 10. The zero-order valence-corrected chi connectivity index (χ0v) is 11.7. The number of benzene rings is 1. The highest BCUT2D eigenvalue weighted by molar-refractivity contribution is 5.46. The van der Waals surface area contributed by atoms with Gasteiger partial charge in [-0.15, -0.1) is 0 Å². The summed E-state index contributed by atoms with van der Waals surface area (Å²) in [5.41, 5.74) is 1.14. The highest BCUT2D eigenvalue weighted by Crippen LogP contribution is 2.15. The van der Waals surface area contributed by atoms with Gasteiger partial charge in [-0.25, -0.2) is 0 Å². The first-order valence-corrected chi connectivity index (χ1v) is 6.98. The van der Waals surface area contributed by atoms with E-state index in [4.69, 9.17) is 4.74 Å². The summed E-state index contributed by atoms with van der Waals surface area (Å²) in [6, 6.07) is 8.19. The van der Waals surface area contributed by atoms with Gasteiger partial charge in [0.05, 0.1) is 6.61 Å². The molecule has 0 aliphatic heterocycles. The van der Waals surface area contributed by atoms with Gasteiger partial charge in [0, 0.05) is 18.8 Å². The molecule has 1 aromatic carbocycles. The number of nitrogens with one attached hydrogen (secondary N) is 2. The van der Waals surface area contributed by atoms with Gasteiger partial charge in [0.15, 0.2) is 0 Å². The molecule has 0 unspecified atom stereocenters. The Balaban J connectivity index is 2.19. The van der Waals surface area contributed by atoms with E-state index >= 15 is 0 Å². The van der Waals surface area contributed by atoms with Gasteiger partial charge in [0.25, 0.3) is 0 Å². The molecule has 0 aliphatic rings. The van der Waals surface area contributed by atoms with Crippen LogP contribution < -0.4 is 15.4 Å². The fraction of sp³-hybridized carbons (Fsp3) is 0.600. The lowest BCUT2D eigenvalue weighted by Gasteiger charge is -2.08. The molecule has 0 fully saturated rings. The molecule has 0 heterocycles. The lowest BCUT2D eigenvalue weighted by atomic mass is 10.2. The number of ether oxygens (including phenoxy) is 1. The Morgan fingerprint density at radius 1 is 1.00 bits per heavy atom. The second-order valence-corrected chi connectivity index (χ2v) is 4.46. The third kappa shape index (κ3) is 6.50. The molecular weight excluding hydrogens is 224 g/mol. The third-order valence-corrected chi connectivity index (χ3v) is 2.83. The van der Waals surface area contributed by atoms with E-state index in [0.717, 1.165) is 37.6 Å². The van der Waals surface area contributed by atoms with Crippen LogP contribution in [0, 0.1) is 0 Å². The molecule has 0 spiro atoms. The third-order valence-electron chi connectivity index (χ3n) is 2.83. The van der Waals surface area contributed by atoms with E-state index < -0.39 is 0 Å². The monoisotopic (exact) mass is 250 g/mol. The molecular formula is C15H26N2O. The summed E-state index contributed by atoms with van der Waals surface area (Å²) in [5, 5.41) is 6.45. The van der Waals surface area contributed by atoms with Crippen LogP contribution >= 0.6 is 0 Å². The predicted octanol–water partition coefficient (Wildman–Crippen LogP) is 3.28. The molecule has 2 N–H and O–H groups in total. The van der Waals surface area contributed by atoms with E-state index in [1.165, 1.54) is 19.3 Å². The average Bonchev–Trinajstić information content (AvgIpc) is 2.40. The van der Waals surface area contributed by atoms with Crippen molar-refractivity contribution in [2.75, 3.05) is 32.1 Å². The van der Waals surface area contributed by atoms with Gasteiger partial charge in [-0.05, 0) is 37.7 Å². The van der Waals surface area contributed by atoms with Crippen LogP contribution in [0.15, 0.2) is 24.3 Å². The molecule has 0 aromatic heterocycles. The zero-order valence-electron chi connectivity index (χ0n) is 11.7. The van der Waals surface area contributed by atoms with Crippen molar-refractivity contribution in [3.05, 3.63) is 24.3 Å². The Hall–Kier alpha value is -1.22. The number of hydrogen-bond acceptors (Lipinski definition) is 3. The van der Waals surface area contributed by atoms with Gasteiger partial charge in [-0.2, -0.15) is 0 Å². The van der Waals surface area contributed by atoms with Crippen molar-refractivity contribution in [1.29, 1.82) is 0 Å². The minimum absolute atomic E-state index is 0.826. The SMILES string of the molecule is CCCCCCOc1ccc(NCCNC)cc1. The molecule has 3 nitrogen and oxygen atoms in total. The number of hydrogen-bond donors (Lipinski definition) is 2. The topological polar surface area (TPSA) is 33.3 Å². The molecule has 0 atom stereocenters. The fourth-order valence-corrected chi connectivity index (χ4v) is 1.72. The predicted molar refractivity (Wildman–Crippen MR) is 78.5 cm³/mol. The molecule has 0 saturated carbocycles. The first kappa shape index (κ1) is 14.8. The maximum Gasteiger partial charge on any atom is 0.119 e. The zero-order chi connectivity index (χ0) is 13.1. The maximum atomic E-state index is 5.69. The molecule has 0 radical (unpaired) electrons. The van der Waals surface area contributed by atoms with Gasteiger partial charge in [0.2, 0.25) is 0 Å². The van der Waals surface area contributed by atoms with Crippen LogP contribution in [0.1, 0.15) is 32.6 Å². The van der Waals surface area contributed by atoms with Crippen molar-refractivity contribution in [2.24, 2.45) is 0 Å². The van der Waals surface area contributed by atoms with Crippen LogP contribution in [0.25, 0.3) is 0 Å². The minimum Gasteiger partial charge on any atom is -0.494 e. The van der Waals surface area contributed by atoms with Gasteiger partial charge in [0.1, 0.15) is 5.75 Å². The lowest BCUT2D eigenvalue weighted by molar-refractivity contribution is 0.305. The summed E-state index contributed by atoms with van der Waals surface area (Å²) >= 11 is 0. The van der Waals surface area contributed by atoms with Gasteiger partial charge in [-0.1, -0.05) is 26.2 Å². The Bertz CT molecular complexity index is 298. The Morgan fingerprint density at radius 3 is 2.44 bits per heavy atom.